The van der Waals surface area contributed by atoms with Crippen molar-refractivity contribution in [1.82, 2.24) is 35.7 Å². The highest BCUT2D eigenvalue weighted by atomic mass is 32.1. The lowest BCUT2D eigenvalue weighted by atomic mass is 9.85. The molecule has 3 atom stereocenters. The van der Waals surface area contributed by atoms with Crippen molar-refractivity contribution >= 4 is 46.3 Å². The summed E-state index contributed by atoms with van der Waals surface area (Å²) < 4.78 is 22.8. The van der Waals surface area contributed by atoms with Crippen LogP contribution in [0.15, 0.2) is 77.0 Å². The molecule has 0 aliphatic carbocycles. The molecule has 3 aliphatic heterocycles. The Balaban J connectivity index is 0.774. The number of likely N-dealkylation sites (tertiary alicyclic amines) is 1. The lowest BCUT2D eigenvalue weighted by molar-refractivity contribution is -0.144. The number of β-amino-alcohol motifs (C(OH)–C–C–N with tert-alkyl or cyclic N) is 1. The van der Waals surface area contributed by atoms with E-state index in [0.29, 0.717) is 49.0 Å². The molecule has 4 amide bonds. The van der Waals surface area contributed by atoms with Crippen LogP contribution in [0.3, 0.4) is 0 Å². The Morgan fingerprint density at radius 2 is 1.59 bits per heavy atom. The number of amides is 4. The van der Waals surface area contributed by atoms with Gasteiger partial charge in [-0.25, -0.2) is 4.98 Å². The van der Waals surface area contributed by atoms with Gasteiger partial charge in [-0.15, -0.1) is 11.3 Å². The summed E-state index contributed by atoms with van der Waals surface area (Å²) in [5.41, 5.74) is 10.2. The lowest BCUT2D eigenvalue weighted by Crippen LogP contribution is -2.58. The highest BCUT2D eigenvalue weighted by Gasteiger charge is 2.44. The number of anilines is 2. The van der Waals surface area contributed by atoms with Crippen LogP contribution in [0.5, 0.6) is 5.75 Å². The predicted octanol–water partition coefficient (Wildman–Crippen LogP) is 6.00. The van der Waals surface area contributed by atoms with Crippen LogP contribution in [0.4, 0.5) is 11.4 Å². The minimum absolute atomic E-state index is 0.0129. The van der Waals surface area contributed by atoms with E-state index in [-0.39, 0.29) is 62.7 Å². The summed E-state index contributed by atoms with van der Waals surface area (Å²) in [5, 5.41) is 19.4. The van der Waals surface area contributed by atoms with Gasteiger partial charge < -0.3 is 59.7 Å². The van der Waals surface area contributed by atoms with Crippen LogP contribution in [-0.2, 0) is 41.7 Å². The van der Waals surface area contributed by atoms with Gasteiger partial charge in [0, 0.05) is 101 Å². The van der Waals surface area contributed by atoms with Gasteiger partial charge in [0.15, 0.2) is 0 Å². The van der Waals surface area contributed by atoms with Crippen LogP contribution in [0.25, 0.3) is 21.6 Å². The summed E-state index contributed by atoms with van der Waals surface area (Å²) in [6.45, 7) is 20.7. The molecule has 3 saturated heterocycles. The van der Waals surface area contributed by atoms with E-state index in [1.165, 1.54) is 12.0 Å². The molecule has 8 rings (SSSR count). The molecule has 436 valence electrons. The van der Waals surface area contributed by atoms with Crippen molar-refractivity contribution < 1.29 is 43.2 Å². The lowest BCUT2D eigenvalue weighted by Gasteiger charge is -2.37. The molecule has 5 aromatic rings. The summed E-state index contributed by atoms with van der Waals surface area (Å²) in [6, 6.07) is 20.7. The van der Waals surface area contributed by atoms with E-state index < -0.39 is 35.4 Å². The number of pyridine rings is 1. The number of aromatic amines is 1. The number of methoxy groups -OCH3 is 1. The number of ether oxygens (including phenoxy) is 4. The smallest absolute Gasteiger partial charge is 0.256 e. The molecule has 3 fully saturated rings. The van der Waals surface area contributed by atoms with E-state index in [1.54, 1.807) is 24.3 Å². The number of aliphatic hydroxyl groups excluding tert-OH is 1. The minimum atomic E-state index is -0.965. The van der Waals surface area contributed by atoms with E-state index in [4.69, 9.17) is 18.9 Å². The van der Waals surface area contributed by atoms with Gasteiger partial charge in [-0.05, 0) is 104 Å². The number of piperazine rings is 1. The third-order valence-corrected chi connectivity index (χ3v) is 16.6. The first-order chi connectivity index (χ1) is 38.9. The highest BCUT2D eigenvalue weighted by molar-refractivity contribution is 7.13. The predicted molar refractivity (Wildman–Crippen MR) is 315 cm³/mol. The largest absolute Gasteiger partial charge is 0.496 e. The standard InChI is InChI=1S/C61H81N9O10S/c1-9-69(47-18-25-78-26-19-47)51-32-45(31-49(40(51)3)57(73)63-35-50-53(77-8)30-39(2)65-58(50)74)43-14-16-46(17-15-43)68-22-20-67(21-23-68)24-27-79-28-29-80-37-54(72)66-56(61(5,6)7)60(76)70-36-48(71)33-52(70)59(75)62-34-42-10-12-44(13-11-42)55-41(4)64-38-81-55/h10-17,30-32,38,47-48,52,56,71H,9,18-29,33-37H2,1-8H3,(H,62,75)(H,63,73)(H,65,74)(H,66,72)/t48-,52+,56-/m1/s1. The Hall–Kier alpha value is -6.68. The van der Waals surface area contributed by atoms with Crippen molar-refractivity contribution in [2.45, 2.75) is 105 Å². The molecule has 0 radical (unpaired) electrons. The number of rotatable bonds is 23. The van der Waals surface area contributed by atoms with E-state index in [2.05, 4.69) is 77.9 Å². The quantitative estimate of drug-likeness (QED) is 0.0474. The SMILES string of the molecule is CCN(c1cc(-c2ccc(N3CCN(CCOCCOCC(=O)N[C@H](C(=O)N4C[C@H](O)C[C@H]4C(=O)NCc4ccc(-c5scnc5C)cc4)C(C)(C)C)CC3)cc2)cc(C(=O)NCc2c(OC)cc(C)[nH]c2=O)c1C)C1CCOCC1. The number of aromatic nitrogens is 2. The fourth-order valence-corrected chi connectivity index (χ4v) is 11.8. The molecule has 0 saturated carbocycles. The Morgan fingerprint density at radius 3 is 2.26 bits per heavy atom. The Morgan fingerprint density at radius 1 is 0.889 bits per heavy atom. The van der Waals surface area contributed by atoms with E-state index in [0.717, 1.165) is 102 Å². The number of hydrogen-bond acceptors (Lipinski definition) is 15. The zero-order valence-corrected chi connectivity index (χ0v) is 49.0. The molecule has 0 unspecified atom stereocenters. The number of aryl methyl sites for hydroxylation is 2. The molecule has 5 N–H and O–H groups in total. The average molecular weight is 1130 g/mol. The molecular weight excluding hydrogens is 1050 g/mol. The van der Waals surface area contributed by atoms with Crippen molar-refractivity contribution in [3.63, 3.8) is 0 Å². The number of hydrogen-bond donors (Lipinski definition) is 5. The van der Waals surface area contributed by atoms with Crippen molar-refractivity contribution in [3.05, 3.63) is 116 Å². The monoisotopic (exact) mass is 1130 g/mol. The molecule has 0 spiro atoms. The summed E-state index contributed by atoms with van der Waals surface area (Å²) in [6.07, 6.45) is 1.03. The van der Waals surface area contributed by atoms with Crippen molar-refractivity contribution in [1.29, 1.82) is 0 Å². The van der Waals surface area contributed by atoms with Gasteiger partial charge >= 0.3 is 0 Å². The van der Waals surface area contributed by atoms with Crippen LogP contribution in [-0.4, -0.2) is 165 Å². The molecule has 3 aliphatic rings. The van der Waals surface area contributed by atoms with Crippen LogP contribution in [0.1, 0.15) is 85.4 Å². The van der Waals surface area contributed by atoms with Gasteiger partial charge in [0.1, 0.15) is 24.4 Å². The molecule has 3 aromatic carbocycles. The molecule has 2 aromatic heterocycles. The number of carbonyl (C=O) groups excluding carboxylic acids is 4. The molecular formula is C61H81N9O10S. The minimum Gasteiger partial charge on any atom is -0.496 e. The first-order valence-corrected chi connectivity index (χ1v) is 29.1. The number of H-pyrrole nitrogens is 1. The molecule has 19 nitrogen and oxygen atoms in total. The molecule has 81 heavy (non-hydrogen) atoms. The normalized spacial score (nSPS) is 17.4. The third kappa shape index (κ3) is 15.5. The second kappa shape index (κ2) is 27.9. The molecule has 20 heteroatoms. The maximum Gasteiger partial charge on any atom is 0.256 e. The van der Waals surface area contributed by atoms with Crippen molar-refractivity contribution in [3.8, 4) is 27.3 Å². The van der Waals surface area contributed by atoms with Gasteiger partial charge in [-0.3, -0.25) is 28.9 Å². The number of benzene rings is 3. The highest BCUT2D eigenvalue weighted by Crippen LogP contribution is 2.35. The first kappa shape index (κ1) is 60.4. The van der Waals surface area contributed by atoms with Gasteiger partial charge in [0.05, 0.1) is 61.2 Å². The fraction of sp³-hybridized carbons (Fsp3) is 0.508. The number of aliphatic hydroxyl groups is 1. The first-order valence-electron chi connectivity index (χ1n) is 28.2. The Kier molecular flexibility index (Phi) is 20.8. The van der Waals surface area contributed by atoms with Gasteiger partial charge in [-0.1, -0.05) is 57.2 Å². The summed E-state index contributed by atoms with van der Waals surface area (Å²) in [7, 11) is 1.52. The number of carbonyl (C=O) groups is 4. The van der Waals surface area contributed by atoms with Crippen LogP contribution in [0, 0.1) is 26.2 Å². The Labute approximate surface area is 479 Å². The van der Waals surface area contributed by atoms with Gasteiger partial charge in [0.25, 0.3) is 11.5 Å². The van der Waals surface area contributed by atoms with Crippen molar-refractivity contribution in [2.75, 3.05) is 102 Å². The van der Waals surface area contributed by atoms with Crippen LogP contribution >= 0.6 is 11.3 Å². The zero-order chi connectivity index (χ0) is 57.8. The second-order valence-corrected chi connectivity index (χ2v) is 23.1. The van der Waals surface area contributed by atoms with Crippen molar-refractivity contribution in [2.24, 2.45) is 5.41 Å². The fourth-order valence-electron chi connectivity index (χ4n) is 11.0. The summed E-state index contributed by atoms with van der Waals surface area (Å²) in [4.78, 5) is 84.5. The van der Waals surface area contributed by atoms with Gasteiger partial charge in [-0.2, -0.15) is 0 Å². The van der Waals surface area contributed by atoms with Crippen LogP contribution in [0.2, 0.25) is 0 Å². The molecule has 5 heterocycles. The Bertz CT molecular complexity index is 3000. The van der Waals surface area contributed by atoms with E-state index in [1.807, 2.05) is 70.5 Å². The molecule has 0 bridgehead atoms. The second-order valence-electron chi connectivity index (χ2n) is 22.3. The maximum absolute atomic E-state index is 14.1. The number of nitrogens with zero attached hydrogens (tertiary/aromatic N) is 5. The maximum atomic E-state index is 14.1. The summed E-state index contributed by atoms with van der Waals surface area (Å²) in [5.74, 6) is -1.11. The van der Waals surface area contributed by atoms with E-state index in [9.17, 15) is 29.1 Å². The number of nitrogens with one attached hydrogen (secondary N) is 4. The average Bonchev–Trinajstić information content (AvgIpc) is 4.13. The topological polar surface area (TPSA) is 220 Å². The van der Waals surface area contributed by atoms with Gasteiger partial charge in [0.2, 0.25) is 17.7 Å². The van der Waals surface area contributed by atoms with Crippen LogP contribution < -0.4 is 36.0 Å². The third-order valence-electron chi connectivity index (χ3n) is 15.6. The van der Waals surface area contributed by atoms with E-state index >= 15 is 0 Å². The zero-order valence-electron chi connectivity index (χ0n) is 48.2. The number of thiazole rings is 1. The summed E-state index contributed by atoms with van der Waals surface area (Å²) >= 11 is 1.57.